The first-order valence-corrected chi connectivity index (χ1v) is 38.9. The molecule has 0 aliphatic carbocycles. The molecule has 3 aliphatic rings. The number of rotatable bonds is 21. The number of carbonyl (C=O) groups is 6. The highest BCUT2D eigenvalue weighted by molar-refractivity contribution is 6.30. The second kappa shape index (κ2) is 29.9. The highest BCUT2D eigenvalue weighted by Gasteiger charge is 2.41. The van der Waals surface area contributed by atoms with Gasteiger partial charge in [-0.05, 0) is 161 Å². The molecule has 6 heterocycles. The van der Waals surface area contributed by atoms with Crippen LogP contribution in [0.5, 0.6) is 0 Å². The fourth-order valence-electron chi connectivity index (χ4n) is 17.3. The Bertz CT molecular complexity index is 6020. The number of nitrogens with zero attached hydrogens (tertiary/aromatic N) is 3. The van der Waals surface area contributed by atoms with Gasteiger partial charge in [0.15, 0.2) is 0 Å². The van der Waals surface area contributed by atoms with Gasteiger partial charge in [-0.15, -0.1) is 0 Å². The first-order valence-electron chi connectivity index (χ1n) is 38.9. The largest absolute Gasteiger partial charge is 0.456 e. The van der Waals surface area contributed by atoms with Gasteiger partial charge in [-0.3, -0.25) is 43.5 Å². The molecule has 108 heavy (non-hydrogen) atoms. The SMILES string of the molecule is CCCCCC(CC)N1C(=O)c2cccc3c(-c4ccc5c(c4)oc4ccccc45)ccc(c23)C1=O.CCCCCC(CC)N1C(=O)c2cccc3c(-c4ccc5oc6ccccc6c5c4)ccc(c23)C1=O.CCCCCC(CC)N1C(=O)c2cccc3c(-c4cccc5c4oc4ccccc45)ccc(c23)C1=O. The molecule has 0 fully saturated rings. The van der Waals surface area contributed by atoms with Crippen LogP contribution in [0.4, 0.5) is 0 Å². The quantitative estimate of drug-likeness (QED) is 0.0506. The van der Waals surface area contributed by atoms with Gasteiger partial charge in [-0.1, -0.05) is 239 Å². The summed E-state index contributed by atoms with van der Waals surface area (Å²) in [6, 6.07) is 71.6. The van der Waals surface area contributed by atoms with E-state index < -0.39 is 0 Å². The predicted molar refractivity (Wildman–Crippen MR) is 436 cm³/mol. The molecule has 0 saturated heterocycles. The van der Waals surface area contributed by atoms with Crippen LogP contribution in [0.25, 0.3) is 132 Å². The zero-order valence-electron chi connectivity index (χ0n) is 62.1. The van der Waals surface area contributed by atoms with Crippen LogP contribution in [-0.4, -0.2) is 68.3 Å². The van der Waals surface area contributed by atoms with Crippen molar-refractivity contribution in [3.05, 3.63) is 252 Å². The fourth-order valence-corrected chi connectivity index (χ4v) is 17.3. The van der Waals surface area contributed by atoms with Crippen LogP contribution in [0.2, 0.25) is 0 Å². The van der Waals surface area contributed by atoms with Crippen molar-refractivity contribution in [2.24, 2.45) is 0 Å². The summed E-state index contributed by atoms with van der Waals surface area (Å²) >= 11 is 0. The average Bonchev–Trinajstić information content (AvgIpc) is 0.858. The Morgan fingerprint density at radius 2 is 0.565 bits per heavy atom. The maximum absolute atomic E-state index is 13.7. The average molecular weight is 1430 g/mol. The van der Waals surface area contributed by atoms with Crippen molar-refractivity contribution in [3.8, 4) is 33.4 Å². The van der Waals surface area contributed by atoms with E-state index in [-0.39, 0.29) is 53.6 Å². The Balaban J connectivity index is 0.000000124. The van der Waals surface area contributed by atoms with Crippen LogP contribution in [0.3, 0.4) is 0 Å². The molecule has 0 bridgehead atoms. The second-order valence-corrected chi connectivity index (χ2v) is 29.2. The molecule has 3 atom stereocenters. The monoisotopic (exact) mass is 1430 g/mol. The third-order valence-corrected chi connectivity index (χ3v) is 22.8. The van der Waals surface area contributed by atoms with Crippen molar-refractivity contribution in [2.45, 2.75) is 156 Å². The summed E-state index contributed by atoms with van der Waals surface area (Å²) in [5.74, 6) is -1.05. The van der Waals surface area contributed by atoms with Gasteiger partial charge in [0.1, 0.15) is 33.5 Å². The van der Waals surface area contributed by atoms with E-state index in [4.69, 9.17) is 13.3 Å². The predicted octanol–water partition coefficient (Wildman–Crippen LogP) is 25.1. The lowest BCUT2D eigenvalue weighted by atomic mass is 9.87. The van der Waals surface area contributed by atoms with Crippen molar-refractivity contribution < 1.29 is 42.0 Å². The topological polar surface area (TPSA) is 152 Å². The summed E-state index contributed by atoms with van der Waals surface area (Å²) in [6.45, 7) is 12.7. The first-order chi connectivity index (χ1) is 52.9. The lowest BCUT2D eigenvalue weighted by Crippen LogP contribution is -2.46. The summed E-state index contributed by atoms with van der Waals surface area (Å²) in [5.41, 5.74) is 14.7. The maximum Gasteiger partial charge on any atom is 0.261 e. The van der Waals surface area contributed by atoms with E-state index in [1.54, 1.807) is 0 Å². The Kier molecular flexibility index (Phi) is 19.5. The summed E-state index contributed by atoms with van der Waals surface area (Å²) in [6.07, 6.45) is 14.6. The van der Waals surface area contributed by atoms with Gasteiger partial charge in [0.25, 0.3) is 35.4 Å². The van der Waals surface area contributed by atoms with Crippen LogP contribution < -0.4 is 0 Å². The van der Waals surface area contributed by atoms with Gasteiger partial charge in [0.2, 0.25) is 0 Å². The molecular weight excluding hydrogens is 1340 g/mol. The van der Waals surface area contributed by atoms with Gasteiger partial charge in [0, 0.05) is 106 Å². The molecule has 12 heteroatoms. The van der Waals surface area contributed by atoms with Crippen LogP contribution >= 0.6 is 0 Å². The fraction of sp³-hybridized carbons (Fsp3) is 0.250. The first kappa shape index (κ1) is 70.5. The smallest absolute Gasteiger partial charge is 0.261 e. The minimum absolute atomic E-state index is 0.0728. The molecule has 0 N–H and O–H groups in total. The molecule has 3 aliphatic heterocycles. The molecule has 18 rings (SSSR count). The number of furan rings is 3. The highest BCUT2D eigenvalue weighted by atomic mass is 16.3. The van der Waals surface area contributed by atoms with Gasteiger partial charge >= 0.3 is 0 Å². The number of carbonyl (C=O) groups excluding carboxylic acids is 6. The van der Waals surface area contributed by atoms with E-state index in [1.165, 1.54) is 14.7 Å². The molecule has 0 radical (unpaired) electrons. The number of benzene rings is 12. The number of amides is 6. The van der Waals surface area contributed by atoms with Gasteiger partial charge < -0.3 is 13.3 Å². The molecule has 0 saturated carbocycles. The molecular formula is C96H87N3O9. The maximum atomic E-state index is 13.7. The normalized spacial score (nSPS) is 14.3. The number of unbranched alkanes of at least 4 members (excludes halogenated alkanes) is 6. The molecule has 6 amide bonds. The summed E-state index contributed by atoms with van der Waals surface area (Å²) in [7, 11) is 0. The van der Waals surface area contributed by atoms with E-state index in [2.05, 4.69) is 90.1 Å². The zero-order valence-corrected chi connectivity index (χ0v) is 62.1. The van der Waals surface area contributed by atoms with Gasteiger partial charge in [-0.2, -0.15) is 0 Å². The zero-order chi connectivity index (χ0) is 74.4. The standard InChI is InChI=1S/3C32H29NO3/c1-3-5-6-11-20(4-2)33-31(34)26-16-9-13-23-21(18-19-27(29(23)26)32(33)35)24-14-10-15-25-22-12-7-8-17-28(22)36-30(24)25;1-3-5-6-10-21(4-2)33-31(34)25-13-9-12-24-22(16-17-26(30(24)25)32(33)35)20-15-18-29-27(19-20)23-11-7-8-14-28(23)36-29;1-3-5-6-10-21(4-2)33-31(34)26-13-9-12-25-22(17-18-27(30(25)26)32(33)35)20-15-16-24-23-11-7-8-14-28(23)36-29(24)19-20/h7-10,12-20H,3-6,11H2,1-2H3;2*7-9,11-19,21H,3-6,10H2,1-2H3. The van der Waals surface area contributed by atoms with Crippen molar-refractivity contribution in [2.75, 3.05) is 0 Å². The molecule has 15 aromatic rings. The van der Waals surface area contributed by atoms with E-state index in [0.717, 1.165) is 228 Å². The lowest BCUT2D eigenvalue weighted by molar-refractivity contribution is 0.0508. The number of hydrogen-bond acceptors (Lipinski definition) is 9. The minimum Gasteiger partial charge on any atom is -0.456 e. The third-order valence-electron chi connectivity index (χ3n) is 22.8. The van der Waals surface area contributed by atoms with Crippen LogP contribution in [0, 0.1) is 0 Å². The lowest BCUT2D eigenvalue weighted by Gasteiger charge is -2.34. The minimum atomic E-state index is -0.180. The van der Waals surface area contributed by atoms with Crippen LogP contribution in [0.1, 0.15) is 200 Å². The van der Waals surface area contributed by atoms with E-state index >= 15 is 0 Å². The molecule has 0 spiro atoms. The Morgan fingerprint density at radius 3 is 1.01 bits per heavy atom. The Labute approximate surface area is 627 Å². The van der Waals surface area contributed by atoms with E-state index in [1.807, 2.05) is 170 Å². The number of para-hydroxylation sites is 4. The highest BCUT2D eigenvalue weighted by Crippen LogP contribution is 2.45. The number of imide groups is 3. The summed E-state index contributed by atoms with van der Waals surface area (Å²) in [5, 5.41) is 11.5. The van der Waals surface area contributed by atoms with Gasteiger partial charge in [-0.25, -0.2) is 0 Å². The van der Waals surface area contributed by atoms with Crippen molar-refractivity contribution in [3.63, 3.8) is 0 Å². The molecule has 12 nitrogen and oxygen atoms in total. The summed E-state index contributed by atoms with van der Waals surface area (Å²) in [4.78, 5) is 86.7. The molecule has 3 aromatic heterocycles. The molecule has 3 unspecified atom stereocenters. The Hall–Kier alpha value is -11.8. The third kappa shape index (κ3) is 12.2. The summed E-state index contributed by atoms with van der Waals surface area (Å²) < 4.78 is 18.4. The number of hydrogen-bond donors (Lipinski definition) is 0. The van der Waals surface area contributed by atoms with Crippen molar-refractivity contribution >= 4 is 134 Å². The Morgan fingerprint density at radius 1 is 0.250 bits per heavy atom. The second-order valence-electron chi connectivity index (χ2n) is 29.2. The van der Waals surface area contributed by atoms with E-state index in [9.17, 15) is 28.8 Å². The van der Waals surface area contributed by atoms with Crippen molar-refractivity contribution in [1.82, 2.24) is 14.7 Å². The molecule has 12 aromatic carbocycles. The van der Waals surface area contributed by atoms with Crippen LogP contribution in [0.15, 0.2) is 232 Å². The van der Waals surface area contributed by atoms with Gasteiger partial charge in [0.05, 0.1) is 0 Å². The van der Waals surface area contributed by atoms with Crippen molar-refractivity contribution in [1.29, 1.82) is 0 Å². The van der Waals surface area contributed by atoms with E-state index in [0.29, 0.717) is 33.4 Å². The molecule has 540 valence electrons. The van der Waals surface area contributed by atoms with Crippen LogP contribution in [-0.2, 0) is 0 Å². The number of fused-ring (bicyclic) bond motifs is 9.